The summed E-state index contributed by atoms with van der Waals surface area (Å²) in [5.74, 6) is 0.469. The SMILES string of the molecule is COc1ccc2c(c1)NC(=O)N(c1ccc(I)cc1)S2(=O)=O. The monoisotopic (exact) mass is 430 g/mol. The summed E-state index contributed by atoms with van der Waals surface area (Å²) >= 11 is 2.11. The van der Waals surface area contributed by atoms with E-state index >= 15 is 0 Å². The van der Waals surface area contributed by atoms with E-state index in [2.05, 4.69) is 27.9 Å². The number of ether oxygens (including phenoxy) is 1. The van der Waals surface area contributed by atoms with Gasteiger partial charge in [0, 0.05) is 9.64 Å². The Morgan fingerprint density at radius 1 is 1.14 bits per heavy atom. The van der Waals surface area contributed by atoms with Crippen LogP contribution < -0.4 is 14.4 Å². The highest BCUT2D eigenvalue weighted by Crippen LogP contribution is 2.35. The Balaban J connectivity index is 2.14. The number of hydrogen-bond donors (Lipinski definition) is 1. The molecule has 0 saturated heterocycles. The highest BCUT2D eigenvalue weighted by Gasteiger charge is 2.38. The lowest BCUT2D eigenvalue weighted by molar-refractivity contribution is 0.259. The molecule has 8 heteroatoms. The average Bonchev–Trinajstić information content (AvgIpc) is 2.48. The van der Waals surface area contributed by atoms with Gasteiger partial charge < -0.3 is 10.1 Å². The molecule has 3 rings (SSSR count). The van der Waals surface area contributed by atoms with Crippen molar-refractivity contribution in [2.24, 2.45) is 0 Å². The van der Waals surface area contributed by atoms with E-state index in [0.29, 0.717) is 11.4 Å². The van der Waals surface area contributed by atoms with E-state index in [4.69, 9.17) is 4.74 Å². The van der Waals surface area contributed by atoms with Crippen LogP contribution in [0.15, 0.2) is 47.4 Å². The zero-order chi connectivity index (χ0) is 15.9. The molecule has 0 radical (unpaired) electrons. The predicted molar refractivity (Wildman–Crippen MR) is 90.8 cm³/mol. The van der Waals surface area contributed by atoms with Crippen LogP contribution in [0, 0.1) is 3.57 Å². The van der Waals surface area contributed by atoms with Gasteiger partial charge in [-0.3, -0.25) is 0 Å². The number of benzene rings is 2. The molecule has 22 heavy (non-hydrogen) atoms. The topological polar surface area (TPSA) is 75.7 Å². The Morgan fingerprint density at radius 3 is 2.45 bits per heavy atom. The van der Waals surface area contributed by atoms with Crippen molar-refractivity contribution < 1.29 is 17.9 Å². The Kier molecular flexibility index (Phi) is 3.73. The van der Waals surface area contributed by atoms with Gasteiger partial charge >= 0.3 is 6.03 Å². The fourth-order valence-electron chi connectivity index (χ4n) is 2.16. The smallest absolute Gasteiger partial charge is 0.340 e. The third-order valence-corrected chi connectivity index (χ3v) is 5.68. The maximum Gasteiger partial charge on any atom is 0.340 e. The summed E-state index contributed by atoms with van der Waals surface area (Å²) in [6.45, 7) is 0. The van der Waals surface area contributed by atoms with Crippen molar-refractivity contribution in [3.63, 3.8) is 0 Å². The second-order valence-corrected chi connectivity index (χ2v) is 7.54. The van der Waals surface area contributed by atoms with Crippen LogP contribution in [-0.4, -0.2) is 21.6 Å². The van der Waals surface area contributed by atoms with Gasteiger partial charge in [0.05, 0.1) is 18.5 Å². The number of nitrogens with one attached hydrogen (secondary N) is 1. The molecule has 2 aromatic rings. The molecule has 1 aliphatic heterocycles. The molecule has 2 aromatic carbocycles. The summed E-state index contributed by atoms with van der Waals surface area (Å²) in [5, 5.41) is 2.58. The second kappa shape index (κ2) is 5.43. The molecule has 0 saturated carbocycles. The van der Waals surface area contributed by atoms with E-state index in [1.807, 2.05) is 0 Å². The number of amides is 2. The van der Waals surface area contributed by atoms with Crippen molar-refractivity contribution in [2.75, 3.05) is 16.7 Å². The van der Waals surface area contributed by atoms with Crippen LogP contribution >= 0.6 is 22.6 Å². The van der Waals surface area contributed by atoms with Gasteiger partial charge in [0.2, 0.25) is 0 Å². The molecule has 1 aliphatic rings. The van der Waals surface area contributed by atoms with Crippen LogP contribution in [0.25, 0.3) is 0 Å². The minimum absolute atomic E-state index is 0.0338. The van der Waals surface area contributed by atoms with E-state index in [-0.39, 0.29) is 10.6 Å². The molecule has 0 unspecified atom stereocenters. The van der Waals surface area contributed by atoms with E-state index in [1.54, 1.807) is 30.3 Å². The third kappa shape index (κ3) is 2.41. The summed E-state index contributed by atoms with van der Waals surface area (Å²) in [7, 11) is -2.49. The van der Waals surface area contributed by atoms with Crippen LogP contribution in [0.3, 0.4) is 0 Å². The zero-order valence-electron chi connectivity index (χ0n) is 11.4. The van der Waals surface area contributed by atoms with Crippen LogP contribution in [0.2, 0.25) is 0 Å². The molecule has 0 fully saturated rings. The number of rotatable bonds is 2. The fraction of sp³-hybridized carbons (Fsp3) is 0.0714. The van der Waals surface area contributed by atoms with Gasteiger partial charge in [-0.1, -0.05) is 0 Å². The van der Waals surface area contributed by atoms with Crippen molar-refractivity contribution in [3.05, 3.63) is 46.0 Å². The van der Waals surface area contributed by atoms with Crippen LogP contribution in [-0.2, 0) is 10.0 Å². The summed E-state index contributed by atoms with van der Waals surface area (Å²) in [6.07, 6.45) is 0. The molecule has 1 heterocycles. The number of carbonyl (C=O) groups is 1. The largest absolute Gasteiger partial charge is 0.497 e. The van der Waals surface area contributed by atoms with Gasteiger partial charge in [-0.15, -0.1) is 0 Å². The van der Waals surface area contributed by atoms with Crippen molar-refractivity contribution in [1.82, 2.24) is 0 Å². The van der Waals surface area contributed by atoms with Crippen LogP contribution in [0.5, 0.6) is 5.75 Å². The molecule has 0 atom stereocenters. The van der Waals surface area contributed by atoms with Gasteiger partial charge in [0.25, 0.3) is 10.0 Å². The van der Waals surface area contributed by atoms with Gasteiger partial charge in [-0.25, -0.2) is 13.2 Å². The average molecular weight is 430 g/mol. The summed E-state index contributed by atoms with van der Waals surface area (Å²) in [4.78, 5) is 12.3. The maximum atomic E-state index is 12.7. The first kappa shape index (κ1) is 15.1. The lowest BCUT2D eigenvalue weighted by Crippen LogP contribution is -2.44. The molecular weight excluding hydrogens is 419 g/mol. The Bertz CT molecular complexity index is 850. The minimum atomic E-state index is -3.96. The predicted octanol–water partition coefficient (Wildman–Crippen LogP) is 3.04. The lowest BCUT2D eigenvalue weighted by atomic mass is 10.3. The van der Waals surface area contributed by atoms with E-state index in [1.165, 1.54) is 19.2 Å². The highest BCUT2D eigenvalue weighted by molar-refractivity contribution is 14.1. The molecule has 0 aromatic heterocycles. The van der Waals surface area contributed by atoms with E-state index < -0.39 is 16.1 Å². The van der Waals surface area contributed by atoms with E-state index in [0.717, 1.165) is 7.88 Å². The Labute approximate surface area is 141 Å². The summed E-state index contributed by atoms with van der Waals surface area (Å²) < 4.78 is 32.2. The number of sulfonamides is 1. The quantitative estimate of drug-likeness (QED) is 0.744. The molecule has 1 N–H and O–H groups in total. The first-order chi connectivity index (χ1) is 10.4. The standard InChI is InChI=1S/C14H11IN2O4S/c1-21-11-6-7-13-12(8-11)16-14(18)17(22(13,19)20)10-4-2-9(15)3-5-10/h2-8H,1H3,(H,16,18). The van der Waals surface area contributed by atoms with Gasteiger partial charge in [0.1, 0.15) is 10.6 Å². The molecule has 6 nitrogen and oxygen atoms in total. The third-order valence-electron chi connectivity index (χ3n) is 3.19. The summed E-state index contributed by atoms with van der Waals surface area (Å²) in [5.41, 5.74) is 0.505. The normalized spacial score (nSPS) is 15.9. The van der Waals surface area contributed by atoms with Crippen molar-refractivity contribution in [3.8, 4) is 5.75 Å². The Morgan fingerprint density at radius 2 is 1.82 bits per heavy atom. The molecular formula is C14H11IN2O4S. The van der Waals surface area contributed by atoms with Crippen molar-refractivity contribution in [1.29, 1.82) is 0 Å². The van der Waals surface area contributed by atoms with E-state index in [9.17, 15) is 13.2 Å². The first-order valence-electron chi connectivity index (χ1n) is 6.23. The number of carbonyl (C=O) groups excluding carboxylic acids is 1. The van der Waals surface area contributed by atoms with Crippen LogP contribution in [0.1, 0.15) is 0 Å². The molecule has 0 aliphatic carbocycles. The number of halogens is 1. The molecule has 2 amide bonds. The van der Waals surface area contributed by atoms with Crippen molar-refractivity contribution >= 4 is 50.0 Å². The zero-order valence-corrected chi connectivity index (χ0v) is 14.4. The maximum absolute atomic E-state index is 12.7. The Hall–Kier alpha value is -1.81. The molecule has 0 bridgehead atoms. The number of methoxy groups -OCH3 is 1. The summed E-state index contributed by atoms with van der Waals surface area (Å²) in [6, 6.07) is 10.4. The molecule has 0 spiro atoms. The first-order valence-corrected chi connectivity index (χ1v) is 8.75. The second-order valence-electron chi connectivity index (χ2n) is 4.54. The van der Waals surface area contributed by atoms with Crippen LogP contribution in [0.4, 0.5) is 16.2 Å². The van der Waals surface area contributed by atoms with Gasteiger partial charge in [0.15, 0.2) is 0 Å². The van der Waals surface area contributed by atoms with Gasteiger partial charge in [-0.2, -0.15) is 4.31 Å². The fourth-order valence-corrected chi connectivity index (χ4v) is 4.01. The number of hydrogen-bond acceptors (Lipinski definition) is 4. The number of fused-ring (bicyclic) bond motifs is 1. The number of anilines is 2. The number of nitrogens with zero attached hydrogens (tertiary/aromatic N) is 1. The van der Waals surface area contributed by atoms with Gasteiger partial charge in [-0.05, 0) is 59.0 Å². The number of urea groups is 1. The minimum Gasteiger partial charge on any atom is -0.497 e. The molecule has 114 valence electrons. The lowest BCUT2D eigenvalue weighted by Gasteiger charge is -2.28. The highest BCUT2D eigenvalue weighted by atomic mass is 127. The van der Waals surface area contributed by atoms with Crippen molar-refractivity contribution in [2.45, 2.75) is 4.90 Å².